The van der Waals surface area contributed by atoms with E-state index in [2.05, 4.69) is 15.3 Å². The van der Waals surface area contributed by atoms with E-state index in [1.165, 1.54) is 35.5 Å². The fourth-order valence-electron chi connectivity index (χ4n) is 2.96. The molecule has 9 heteroatoms. The first-order valence-corrected chi connectivity index (χ1v) is 8.06. The van der Waals surface area contributed by atoms with Gasteiger partial charge >= 0.3 is 5.97 Å². The van der Waals surface area contributed by atoms with Crippen LogP contribution in [0.25, 0.3) is 0 Å². The number of nitrogens with zero attached hydrogens (tertiary/aromatic N) is 2. The lowest BCUT2D eigenvalue weighted by atomic mass is 10.0. The molecule has 0 aliphatic carbocycles. The number of imidazole rings is 1. The van der Waals surface area contributed by atoms with E-state index in [4.69, 9.17) is 0 Å². The normalized spacial score (nSPS) is 16.0. The first kappa shape index (κ1) is 17.6. The molecular weight excluding hydrogens is 343 g/mol. The van der Waals surface area contributed by atoms with Crippen LogP contribution in [0.4, 0.5) is 4.39 Å². The summed E-state index contributed by atoms with van der Waals surface area (Å²) in [5.74, 6) is -2.86. The molecule has 26 heavy (non-hydrogen) atoms. The first-order chi connectivity index (χ1) is 12.5. The van der Waals surface area contributed by atoms with Crippen LogP contribution in [-0.2, 0) is 16.0 Å². The van der Waals surface area contributed by atoms with Crippen LogP contribution in [0.1, 0.15) is 34.2 Å². The van der Waals surface area contributed by atoms with Gasteiger partial charge < -0.3 is 20.3 Å². The molecule has 0 radical (unpaired) electrons. The van der Waals surface area contributed by atoms with Gasteiger partial charge in [-0.3, -0.25) is 9.59 Å². The molecular formula is C17H17FN4O4. The highest BCUT2D eigenvalue weighted by atomic mass is 19.1. The Morgan fingerprint density at radius 3 is 2.85 bits per heavy atom. The van der Waals surface area contributed by atoms with Gasteiger partial charge in [-0.05, 0) is 12.1 Å². The second-order valence-electron chi connectivity index (χ2n) is 5.83. The number of fused-ring (bicyclic) bond motifs is 1. The van der Waals surface area contributed by atoms with Gasteiger partial charge in [-0.2, -0.15) is 0 Å². The molecule has 0 saturated carbocycles. The Morgan fingerprint density at radius 2 is 2.12 bits per heavy atom. The Bertz CT molecular complexity index is 851. The maximum atomic E-state index is 13.6. The number of aromatic amines is 1. The number of aliphatic carboxylic acids is 1. The molecule has 136 valence electrons. The largest absolute Gasteiger partial charge is 0.479 e. The minimum Gasteiger partial charge on any atom is -0.479 e. The number of aromatic nitrogens is 2. The molecule has 0 saturated heterocycles. The van der Waals surface area contributed by atoms with Gasteiger partial charge in [0, 0.05) is 31.6 Å². The molecule has 1 aliphatic rings. The van der Waals surface area contributed by atoms with Crippen LogP contribution in [-0.4, -0.2) is 50.8 Å². The third-order valence-corrected chi connectivity index (χ3v) is 4.22. The quantitative estimate of drug-likeness (QED) is 0.732. The van der Waals surface area contributed by atoms with E-state index in [0.29, 0.717) is 17.8 Å². The second-order valence-corrected chi connectivity index (χ2v) is 5.83. The van der Waals surface area contributed by atoms with Crippen molar-refractivity contribution in [2.75, 3.05) is 13.1 Å². The van der Waals surface area contributed by atoms with Crippen LogP contribution in [0.2, 0.25) is 0 Å². The summed E-state index contributed by atoms with van der Waals surface area (Å²) in [4.78, 5) is 44.1. The van der Waals surface area contributed by atoms with E-state index >= 15 is 0 Å². The lowest BCUT2D eigenvalue weighted by molar-refractivity contribution is -0.151. The zero-order valence-electron chi connectivity index (χ0n) is 13.7. The first-order valence-electron chi connectivity index (χ1n) is 8.06. The van der Waals surface area contributed by atoms with Crippen molar-refractivity contribution >= 4 is 17.8 Å². The van der Waals surface area contributed by atoms with Crippen molar-refractivity contribution in [1.29, 1.82) is 0 Å². The number of rotatable bonds is 5. The molecule has 0 unspecified atom stereocenters. The van der Waals surface area contributed by atoms with Gasteiger partial charge in [-0.1, -0.05) is 12.1 Å². The number of amides is 2. The summed E-state index contributed by atoms with van der Waals surface area (Å²) >= 11 is 0. The number of nitrogens with one attached hydrogen (secondary N) is 2. The highest BCUT2D eigenvalue weighted by Crippen LogP contribution is 2.27. The Balaban J connectivity index is 1.61. The van der Waals surface area contributed by atoms with Crippen molar-refractivity contribution in [3.05, 3.63) is 53.4 Å². The average molecular weight is 360 g/mol. The predicted octanol–water partition coefficient (Wildman–Crippen LogP) is 0.879. The Morgan fingerprint density at radius 1 is 1.35 bits per heavy atom. The average Bonchev–Trinajstić information content (AvgIpc) is 3.09. The smallest absolute Gasteiger partial charge is 0.332 e. The second kappa shape index (κ2) is 7.34. The monoisotopic (exact) mass is 360 g/mol. The minimum absolute atomic E-state index is 0.0255. The standard InChI is InChI=1S/C17H17FN4O4/c18-11-4-2-1-3-10(11)16(24)19-7-5-13(23)22-8-6-12-14(21-9-20-12)15(22)17(25)26/h1-4,9,15H,5-8H2,(H,19,24)(H,20,21)(H,25,26)/t15-/m0/s1. The van der Waals surface area contributed by atoms with Gasteiger partial charge in [0.05, 0.1) is 17.6 Å². The lowest BCUT2D eigenvalue weighted by Crippen LogP contribution is -2.44. The topological polar surface area (TPSA) is 115 Å². The molecule has 1 aromatic heterocycles. The molecule has 0 bridgehead atoms. The molecule has 2 aromatic rings. The van der Waals surface area contributed by atoms with Gasteiger partial charge in [0.25, 0.3) is 5.91 Å². The number of carbonyl (C=O) groups excluding carboxylic acids is 2. The van der Waals surface area contributed by atoms with E-state index in [1.807, 2.05) is 0 Å². The number of benzene rings is 1. The number of halogens is 1. The van der Waals surface area contributed by atoms with E-state index in [1.54, 1.807) is 0 Å². The van der Waals surface area contributed by atoms with Crippen molar-refractivity contribution in [1.82, 2.24) is 20.2 Å². The van der Waals surface area contributed by atoms with Crippen LogP contribution in [0.5, 0.6) is 0 Å². The van der Waals surface area contributed by atoms with Gasteiger partial charge in [0.15, 0.2) is 6.04 Å². The van der Waals surface area contributed by atoms with Gasteiger partial charge in [0.1, 0.15) is 5.82 Å². The summed E-state index contributed by atoms with van der Waals surface area (Å²) in [5.41, 5.74) is 0.921. The summed E-state index contributed by atoms with van der Waals surface area (Å²) in [6, 6.07) is 4.38. The van der Waals surface area contributed by atoms with E-state index in [-0.39, 0.29) is 25.1 Å². The Labute approximate surface area is 148 Å². The highest BCUT2D eigenvalue weighted by molar-refractivity contribution is 5.94. The van der Waals surface area contributed by atoms with Crippen LogP contribution in [0.15, 0.2) is 30.6 Å². The molecule has 0 spiro atoms. The zero-order valence-corrected chi connectivity index (χ0v) is 13.7. The Kier molecular flexibility index (Phi) is 4.97. The number of carbonyl (C=O) groups is 3. The van der Waals surface area contributed by atoms with E-state index in [9.17, 15) is 23.9 Å². The van der Waals surface area contributed by atoms with Gasteiger partial charge in [0.2, 0.25) is 5.91 Å². The van der Waals surface area contributed by atoms with Crippen molar-refractivity contribution in [3.63, 3.8) is 0 Å². The summed E-state index contributed by atoms with van der Waals surface area (Å²) in [5, 5.41) is 11.9. The Hall–Kier alpha value is -3.23. The van der Waals surface area contributed by atoms with Crippen molar-refractivity contribution in [2.45, 2.75) is 18.9 Å². The molecule has 2 amide bonds. The molecule has 1 aliphatic heterocycles. The van der Waals surface area contributed by atoms with Crippen molar-refractivity contribution < 1.29 is 23.9 Å². The number of hydrogen-bond acceptors (Lipinski definition) is 4. The van der Waals surface area contributed by atoms with E-state index in [0.717, 1.165) is 0 Å². The van der Waals surface area contributed by atoms with Crippen LogP contribution < -0.4 is 5.32 Å². The van der Waals surface area contributed by atoms with Crippen LogP contribution >= 0.6 is 0 Å². The highest BCUT2D eigenvalue weighted by Gasteiger charge is 2.37. The molecule has 2 heterocycles. The van der Waals surface area contributed by atoms with Crippen LogP contribution in [0.3, 0.4) is 0 Å². The lowest BCUT2D eigenvalue weighted by Gasteiger charge is -2.32. The molecule has 3 rings (SSSR count). The number of carboxylic acid groups (broad SMARTS) is 1. The number of H-pyrrole nitrogens is 1. The molecule has 0 fully saturated rings. The summed E-state index contributed by atoms with van der Waals surface area (Å²) in [7, 11) is 0. The number of hydrogen-bond donors (Lipinski definition) is 3. The van der Waals surface area contributed by atoms with Gasteiger partial charge in [-0.15, -0.1) is 0 Å². The maximum Gasteiger partial charge on any atom is 0.332 e. The molecule has 1 atom stereocenters. The SMILES string of the molecule is O=C(NCCC(=O)N1CCc2[nH]cnc2[C@H]1C(=O)O)c1ccccc1F. The fourth-order valence-corrected chi connectivity index (χ4v) is 2.96. The predicted molar refractivity (Wildman–Crippen MR) is 87.7 cm³/mol. The van der Waals surface area contributed by atoms with Crippen molar-refractivity contribution in [2.24, 2.45) is 0 Å². The summed E-state index contributed by atoms with van der Waals surface area (Å²) < 4.78 is 13.6. The zero-order chi connectivity index (χ0) is 18.7. The summed E-state index contributed by atoms with van der Waals surface area (Å²) in [6.45, 7) is 0.217. The third kappa shape index (κ3) is 3.41. The fraction of sp³-hybridized carbons (Fsp3) is 0.294. The molecule has 8 nitrogen and oxygen atoms in total. The molecule has 3 N–H and O–H groups in total. The minimum atomic E-state index is -1.17. The van der Waals surface area contributed by atoms with Crippen molar-refractivity contribution in [3.8, 4) is 0 Å². The number of carboxylic acids is 1. The summed E-state index contributed by atoms with van der Waals surface area (Å²) in [6.07, 6.45) is 1.79. The third-order valence-electron chi connectivity index (χ3n) is 4.22. The maximum absolute atomic E-state index is 13.6. The van der Waals surface area contributed by atoms with E-state index < -0.39 is 29.6 Å². The van der Waals surface area contributed by atoms with Crippen LogP contribution in [0, 0.1) is 5.82 Å². The van der Waals surface area contributed by atoms with Gasteiger partial charge in [-0.25, -0.2) is 14.2 Å². The molecule has 1 aromatic carbocycles.